The normalized spacial score (nSPS) is 11.0. The molecule has 0 saturated carbocycles. The van der Waals surface area contributed by atoms with Crippen LogP contribution in [0.4, 0.5) is 11.9 Å². The Hall–Kier alpha value is -4.73. The molecule has 3 aromatic heterocycles. The van der Waals surface area contributed by atoms with Gasteiger partial charge in [-0.1, -0.05) is 31.2 Å². The second kappa shape index (κ2) is 9.02. The monoisotopic (exact) mass is 455 g/mol. The van der Waals surface area contributed by atoms with Crippen LogP contribution in [0.5, 0.6) is 5.75 Å². The smallest absolute Gasteiger partial charge is 0.276 e. The van der Waals surface area contributed by atoms with Crippen LogP contribution in [0, 0.1) is 0 Å². The Morgan fingerprint density at radius 2 is 1.82 bits per heavy atom. The number of amides is 2. The van der Waals surface area contributed by atoms with Crippen LogP contribution >= 0.6 is 0 Å². The number of pyridine rings is 1. The molecule has 2 aromatic carbocycles. The Labute approximate surface area is 193 Å². The molecule has 4 N–H and O–H groups in total. The molecule has 0 bridgehead atoms. The number of carbonyl (C=O) groups is 2. The lowest BCUT2D eigenvalue weighted by molar-refractivity contribution is 0.101. The Kier molecular flexibility index (Phi) is 5.61. The third-order valence-electron chi connectivity index (χ3n) is 5.10. The van der Waals surface area contributed by atoms with Crippen molar-refractivity contribution in [2.75, 3.05) is 17.2 Å². The highest BCUT2D eigenvalue weighted by molar-refractivity contribution is 6.12. The minimum atomic E-state index is -0.422. The maximum Gasteiger partial charge on any atom is 0.276 e. The number of nitrogens with one attached hydrogen (secondary N) is 4. The Morgan fingerprint density at radius 1 is 1.00 bits per heavy atom. The van der Waals surface area contributed by atoms with Gasteiger partial charge in [0.15, 0.2) is 0 Å². The van der Waals surface area contributed by atoms with Crippen LogP contribution in [0.2, 0.25) is 0 Å². The van der Waals surface area contributed by atoms with Crippen molar-refractivity contribution in [3.63, 3.8) is 0 Å². The average molecular weight is 455 g/mol. The number of H-pyrrole nitrogens is 2. The van der Waals surface area contributed by atoms with Crippen molar-refractivity contribution in [3.8, 4) is 5.75 Å². The lowest BCUT2D eigenvalue weighted by Gasteiger charge is -2.08. The summed E-state index contributed by atoms with van der Waals surface area (Å²) in [5, 5.41) is 7.27. The first-order valence-electron chi connectivity index (χ1n) is 10.7. The molecule has 0 aliphatic rings. The molecule has 34 heavy (non-hydrogen) atoms. The number of imidazole rings is 2. The maximum atomic E-state index is 13.0. The zero-order chi connectivity index (χ0) is 23.5. The quantitative estimate of drug-likeness (QED) is 0.291. The van der Waals surface area contributed by atoms with Crippen molar-refractivity contribution in [3.05, 3.63) is 72.3 Å². The molecule has 170 valence electrons. The number of benzene rings is 2. The summed E-state index contributed by atoms with van der Waals surface area (Å²) >= 11 is 0. The molecule has 0 aliphatic carbocycles. The lowest BCUT2D eigenvalue weighted by Crippen LogP contribution is -2.15. The molecule has 0 spiro atoms. The van der Waals surface area contributed by atoms with E-state index in [1.807, 2.05) is 31.2 Å². The van der Waals surface area contributed by atoms with E-state index in [0.717, 1.165) is 17.2 Å². The summed E-state index contributed by atoms with van der Waals surface area (Å²) in [5.74, 6) is 0.173. The first-order valence-corrected chi connectivity index (χ1v) is 10.7. The number of aromatic amines is 2. The predicted octanol–water partition coefficient (Wildman–Crippen LogP) is 4.13. The van der Waals surface area contributed by atoms with E-state index in [4.69, 9.17) is 4.74 Å². The van der Waals surface area contributed by atoms with Crippen molar-refractivity contribution < 1.29 is 14.3 Å². The van der Waals surface area contributed by atoms with E-state index in [-0.39, 0.29) is 17.2 Å². The molecular formula is C24H21N7O3. The van der Waals surface area contributed by atoms with Crippen LogP contribution in [-0.4, -0.2) is 43.3 Å². The van der Waals surface area contributed by atoms with Crippen LogP contribution < -0.4 is 15.4 Å². The third-order valence-corrected chi connectivity index (χ3v) is 5.10. The van der Waals surface area contributed by atoms with Gasteiger partial charge in [0.05, 0.1) is 17.7 Å². The molecular weight excluding hydrogens is 434 g/mol. The van der Waals surface area contributed by atoms with Crippen LogP contribution in [0.1, 0.15) is 34.2 Å². The number of fused-ring (bicyclic) bond motifs is 2. The topological polar surface area (TPSA) is 138 Å². The Balaban J connectivity index is 1.46. The number of rotatable bonds is 7. The molecule has 10 heteroatoms. The summed E-state index contributed by atoms with van der Waals surface area (Å²) in [6, 6.07) is 12.7. The van der Waals surface area contributed by atoms with Crippen molar-refractivity contribution in [2.45, 2.75) is 13.3 Å². The van der Waals surface area contributed by atoms with E-state index in [9.17, 15) is 9.59 Å². The number of ether oxygens (including phenoxy) is 1. The van der Waals surface area contributed by atoms with E-state index in [2.05, 4.69) is 35.6 Å². The SMILES string of the molecule is CCCOc1cc(C(=O)Nc2ncc[nH]2)c2nc(NC(=O)c3cc4ccccc4cn3)[nH]c2c1. The Bertz CT molecular complexity index is 1490. The minimum absolute atomic E-state index is 0.189. The van der Waals surface area contributed by atoms with Crippen molar-refractivity contribution >= 4 is 45.5 Å². The standard InChI is InChI=1S/C24H21N7O3/c1-2-9-34-16-11-17(21(32)30-23-25-7-8-26-23)20-18(12-16)28-24(29-20)31-22(33)19-10-14-5-3-4-6-15(14)13-27-19/h3-8,10-13H,2,9H2,1H3,(H2,25,26,30,32)(H2,28,29,31,33). The maximum absolute atomic E-state index is 13.0. The molecule has 0 aliphatic heterocycles. The van der Waals surface area contributed by atoms with Crippen molar-refractivity contribution in [2.24, 2.45) is 0 Å². The lowest BCUT2D eigenvalue weighted by atomic mass is 10.1. The van der Waals surface area contributed by atoms with Gasteiger partial charge < -0.3 is 14.7 Å². The van der Waals surface area contributed by atoms with Gasteiger partial charge in [0.25, 0.3) is 11.8 Å². The average Bonchev–Trinajstić information content (AvgIpc) is 3.51. The van der Waals surface area contributed by atoms with Gasteiger partial charge in [0.1, 0.15) is 17.0 Å². The van der Waals surface area contributed by atoms with Crippen LogP contribution in [0.3, 0.4) is 0 Å². The summed E-state index contributed by atoms with van der Waals surface area (Å²) in [5.41, 5.74) is 1.46. The second-order valence-electron chi connectivity index (χ2n) is 7.56. The van der Waals surface area contributed by atoms with Gasteiger partial charge in [-0.3, -0.25) is 25.2 Å². The highest BCUT2D eigenvalue weighted by Gasteiger charge is 2.19. The molecule has 2 amide bonds. The molecule has 0 radical (unpaired) electrons. The van der Waals surface area contributed by atoms with Gasteiger partial charge in [-0.2, -0.15) is 0 Å². The second-order valence-corrected chi connectivity index (χ2v) is 7.56. The van der Waals surface area contributed by atoms with E-state index >= 15 is 0 Å². The fourth-order valence-electron chi connectivity index (χ4n) is 3.51. The van der Waals surface area contributed by atoms with Crippen molar-refractivity contribution in [1.82, 2.24) is 24.9 Å². The van der Waals surface area contributed by atoms with Gasteiger partial charge in [-0.05, 0) is 23.9 Å². The largest absolute Gasteiger partial charge is 0.494 e. The number of carbonyl (C=O) groups excluding carboxylic acids is 2. The Morgan fingerprint density at radius 3 is 2.62 bits per heavy atom. The van der Waals surface area contributed by atoms with Gasteiger partial charge in [0.2, 0.25) is 11.9 Å². The number of anilines is 2. The molecule has 5 rings (SSSR count). The van der Waals surface area contributed by atoms with E-state index in [1.165, 1.54) is 6.20 Å². The zero-order valence-electron chi connectivity index (χ0n) is 18.3. The van der Waals surface area contributed by atoms with E-state index in [1.54, 1.807) is 30.6 Å². The van der Waals surface area contributed by atoms with Crippen LogP contribution in [0.15, 0.2) is 61.1 Å². The third kappa shape index (κ3) is 4.29. The van der Waals surface area contributed by atoms with Gasteiger partial charge in [0, 0.05) is 30.0 Å². The van der Waals surface area contributed by atoms with E-state index < -0.39 is 11.8 Å². The molecule has 10 nitrogen and oxygen atoms in total. The molecule has 0 atom stereocenters. The first kappa shape index (κ1) is 21.1. The summed E-state index contributed by atoms with van der Waals surface area (Å²) in [6.07, 6.45) is 5.61. The molecule has 0 fully saturated rings. The summed E-state index contributed by atoms with van der Waals surface area (Å²) in [7, 11) is 0. The van der Waals surface area contributed by atoms with E-state index in [0.29, 0.717) is 29.3 Å². The van der Waals surface area contributed by atoms with Crippen LogP contribution in [0.25, 0.3) is 21.8 Å². The van der Waals surface area contributed by atoms with Gasteiger partial charge >= 0.3 is 0 Å². The fourth-order valence-corrected chi connectivity index (χ4v) is 3.51. The predicted molar refractivity (Wildman–Crippen MR) is 128 cm³/mol. The molecule has 3 heterocycles. The first-order chi connectivity index (χ1) is 16.6. The van der Waals surface area contributed by atoms with Gasteiger partial charge in [-0.15, -0.1) is 0 Å². The fraction of sp³-hybridized carbons (Fsp3) is 0.125. The number of hydrogen-bond donors (Lipinski definition) is 4. The number of aromatic nitrogens is 5. The number of nitrogens with zero attached hydrogens (tertiary/aromatic N) is 3. The molecule has 5 aromatic rings. The van der Waals surface area contributed by atoms with Gasteiger partial charge in [-0.25, -0.2) is 9.97 Å². The molecule has 0 saturated heterocycles. The van der Waals surface area contributed by atoms with Crippen molar-refractivity contribution in [1.29, 1.82) is 0 Å². The zero-order valence-corrected chi connectivity index (χ0v) is 18.3. The van der Waals surface area contributed by atoms with Crippen LogP contribution in [-0.2, 0) is 0 Å². The molecule has 0 unspecified atom stereocenters. The summed E-state index contributed by atoms with van der Waals surface area (Å²) in [4.78, 5) is 44.4. The summed E-state index contributed by atoms with van der Waals surface area (Å²) < 4.78 is 5.74. The highest BCUT2D eigenvalue weighted by atomic mass is 16.5. The highest BCUT2D eigenvalue weighted by Crippen LogP contribution is 2.26. The minimum Gasteiger partial charge on any atom is -0.494 e. The number of hydrogen-bond acceptors (Lipinski definition) is 6. The summed E-state index contributed by atoms with van der Waals surface area (Å²) in [6.45, 7) is 2.49.